The number of aliphatic hydroxyl groups excluding tert-OH is 1. The minimum atomic E-state index is -1.09. The fourth-order valence-corrected chi connectivity index (χ4v) is 4.29. The van der Waals surface area contributed by atoms with Crippen LogP contribution in [0.4, 0.5) is 4.79 Å². The summed E-state index contributed by atoms with van der Waals surface area (Å²) >= 11 is 0. The fourth-order valence-electron chi connectivity index (χ4n) is 4.29. The Labute approximate surface area is 220 Å². The smallest absolute Gasteiger partial charge is 0.337 e. The number of allylic oxidation sites excluding steroid dienone is 1. The number of aromatic nitrogens is 1. The molecule has 2 amide bonds. The Hall–Kier alpha value is -4.51. The molecule has 11 heteroatoms. The number of nitrogens with zero attached hydrogens (tertiary/aromatic N) is 2. The predicted molar refractivity (Wildman–Crippen MR) is 142 cm³/mol. The van der Waals surface area contributed by atoms with E-state index in [1.165, 1.54) is 7.11 Å². The van der Waals surface area contributed by atoms with Gasteiger partial charge in [0.25, 0.3) is 0 Å². The largest absolute Gasteiger partial charge is 0.490 e. The Bertz CT molecular complexity index is 1400. The van der Waals surface area contributed by atoms with Crippen LogP contribution < -0.4 is 25.5 Å². The molecule has 2 heterocycles. The molecule has 1 aromatic heterocycles. The molecule has 0 radical (unpaired) electrons. The number of methoxy groups -OCH3 is 1. The summed E-state index contributed by atoms with van der Waals surface area (Å²) in [5, 5.41) is 20.9. The van der Waals surface area contributed by atoms with Gasteiger partial charge in [0.05, 0.1) is 31.5 Å². The molecular weight excluding hydrogens is 490 g/mol. The zero-order valence-corrected chi connectivity index (χ0v) is 21.6. The van der Waals surface area contributed by atoms with Crippen molar-refractivity contribution >= 4 is 29.1 Å². The number of rotatable bonds is 10. The van der Waals surface area contributed by atoms with Gasteiger partial charge in [-0.3, -0.25) is 5.43 Å². The van der Waals surface area contributed by atoms with Crippen molar-refractivity contribution in [2.24, 2.45) is 12.1 Å². The monoisotopic (exact) mass is 521 g/mol. The maximum absolute atomic E-state index is 12.4. The first-order valence-electron chi connectivity index (χ1n) is 12.1. The number of aliphatic hydroxyl groups is 1. The van der Waals surface area contributed by atoms with Crippen LogP contribution in [0, 0.1) is 0 Å². The van der Waals surface area contributed by atoms with E-state index < -0.39 is 24.3 Å². The molecule has 2 atom stereocenters. The zero-order chi connectivity index (χ0) is 27.2. The molecule has 0 saturated heterocycles. The lowest BCUT2D eigenvalue weighted by atomic mass is 9.95. The van der Waals surface area contributed by atoms with Crippen molar-refractivity contribution in [3.05, 3.63) is 71.1 Å². The summed E-state index contributed by atoms with van der Waals surface area (Å²) in [6.07, 6.45) is 2.52. The Balaban J connectivity index is 1.45. The highest BCUT2D eigenvalue weighted by Gasteiger charge is 2.32. The highest BCUT2D eigenvalue weighted by molar-refractivity contribution is 5.99. The van der Waals surface area contributed by atoms with E-state index in [1.54, 1.807) is 31.3 Å². The van der Waals surface area contributed by atoms with E-state index in [4.69, 9.17) is 14.2 Å². The van der Waals surface area contributed by atoms with Crippen molar-refractivity contribution in [3.63, 3.8) is 0 Å². The van der Waals surface area contributed by atoms with E-state index in [0.717, 1.165) is 16.5 Å². The molecule has 0 spiro atoms. The topological polar surface area (TPSA) is 135 Å². The third kappa shape index (κ3) is 5.73. The second-order valence-corrected chi connectivity index (χ2v) is 8.63. The summed E-state index contributed by atoms with van der Waals surface area (Å²) in [5.41, 5.74) is 5.95. The van der Waals surface area contributed by atoms with Crippen molar-refractivity contribution in [3.8, 4) is 11.5 Å². The van der Waals surface area contributed by atoms with Crippen LogP contribution >= 0.6 is 0 Å². The molecule has 0 aliphatic carbocycles. The van der Waals surface area contributed by atoms with Crippen molar-refractivity contribution in [1.82, 2.24) is 20.6 Å². The van der Waals surface area contributed by atoms with Crippen LogP contribution in [0.15, 0.2) is 65.0 Å². The van der Waals surface area contributed by atoms with Crippen molar-refractivity contribution in [1.29, 1.82) is 0 Å². The first-order valence-corrected chi connectivity index (χ1v) is 12.1. The highest BCUT2D eigenvalue weighted by atomic mass is 16.5. The normalized spacial score (nSPS) is 16.2. The van der Waals surface area contributed by atoms with Gasteiger partial charge in [0, 0.05) is 35.4 Å². The van der Waals surface area contributed by atoms with Crippen molar-refractivity contribution in [2.45, 2.75) is 26.1 Å². The van der Waals surface area contributed by atoms with E-state index in [-0.39, 0.29) is 12.2 Å². The zero-order valence-electron chi connectivity index (χ0n) is 21.6. The maximum Gasteiger partial charge on any atom is 0.337 e. The number of amides is 2. The van der Waals surface area contributed by atoms with Gasteiger partial charge in [0.1, 0.15) is 6.61 Å². The molecule has 4 N–H and O–H groups in total. The van der Waals surface area contributed by atoms with Gasteiger partial charge in [0.2, 0.25) is 0 Å². The number of benzene rings is 2. The average Bonchev–Trinajstić information content (AvgIpc) is 3.22. The van der Waals surface area contributed by atoms with Gasteiger partial charge in [-0.05, 0) is 37.6 Å². The molecule has 0 fully saturated rings. The lowest BCUT2D eigenvalue weighted by molar-refractivity contribution is -0.136. The SMILES string of the molecule is CCOc1cc([C@@H]2NC(=O)NC(C)=C2C(=O)OC)ccc1OC[C@@H](O)N/N=C/c1cn(C)c2ccccc12. The van der Waals surface area contributed by atoms with Gasteiger partial charge in [-0.25, -0.2) is 9.59 Å². The molecule has 0 saturated carbocycles. The van der Waals surface area contributed by atoms with E-state index in [2.05, 4.69) is 21.2 Å². The first-order chi connectivity index (χ1) is 18.3. The summed E-state index contributed by atoms with van der Waals surface area (Å²) in [6.45, 7) is 3.71. The quantitative estimate of drug-likeness (QED) is 0.139. The molecule has 0 unspecified atom stereocenters. The second-order valence-electron chi connectivity index (χ2n) is 8.63. The van der Waals surface area contributed by atoms with Gasteiger partial charge in [-0.15, -0.1) is 0 Å². The second kappa shape index (κ2) is 11.7. The Kier molecular flexibility index (Phi) is 8.17. The standard InChI is InChI=1S/C27H31N5O6/c1-5-37-22-12-17(25-24(26(34)36-4)16(2)29-27(35)30-25)10-11-21(22)38-15-23(33)31-28-13-18-14-32(3)20-9-7-6-8-19(18)20/h6-14,23,25,31,33H,5,15H2,1-4H3,(H2,29,30,35)/b28-13+/t23-,25+/m1/s1. The van der Waals surface area contributed by atoms with Gasteiger partial charge in [0.15, 0.2) is 17.7 Å². The molecule has 0 bridgehead atoms. The van der Waals surface area contributed by atoms with E-state index in [9.17, 15) is 14.7 Å². The molecule has 1 aliphatic heterocycles. The van der Waals surface area contributed by atoms with Crippen LogP contribution in [-0.4, -0.2) is 54.4 Å². The molecule has 3 aromatic rings. The first kappa shape index (κ1) is 26.6. The average molecular weight is 522 g/mol. The third-order valence-electron chi connectivity index (χ3n) is 6.03. The number of ether oxygens (including phenoxy) is 3. The maximum atomic E-state index is 12.4. The minimum absolute atomic E-state index is 0.108. The van der Waals surface area contributed by atoms with Crippen LogP contribution in [0.3, 0.4) is 0 Å². The Morgan fingerprint density at radius 1 is 1.24 bits per heavy atom. The molecule has 200 valence electrons. The molecule has 1 aliphatic rings. The number of hydrogen-bond donors (Lipinski definition) is 4. The number of nitrogens with one attached hydrogen (secondary N) is 3. The lowest BCUT2D eigenvalue weighted by Gasteiger charge is -2.28. The van der Waals surface area contributed by atoms with Crippen molar-refractivity contribution < 1.29 is 28.9 Å². The molecule has 11 nitrogen and oxygen atoms in total. The van der Waals surface area contributed by atoms with E-state index >= 15 is 0 Å². The number of carbonyl (C=O) groups excluding carboxylic acids is 2. The third-order valence-corrected chi connectivity index (χ3v) is 6.03. The number of carbonyl (C=O) groups is 2. The number of hydrogen-bond acceptors (Lipinski definition) is 8. The molecular formula is C27H31N5O6. The van der Waals surface area contributed by atoms with Gasteiger partial charge in [-0.1, -0.05) is 24.3 Å². The van der Waals surface area contributed by atoms with Crippen LogP contribution in [0.5, 0.6) is 11.5 Å². The summed E-state index contributed by atoms with van der Waals surface area (Å²) in [5.74, 6) is 0.220. The summed E-state index contributed by atoms with van der Waals surface area (Å²) in [6, 6.07) is 11.9. The van der Waals surface area contributed by atoms with E-state index in [1.807, 2.05) is 49.0 Å². The number of hydrazone groups is 1. The number of urea groups is 1. The summed E-state index contributed by atoms with van der Waals surface area (Å²) < 4.78 is 18.4. The Morgan fingerprint density at radius 3 is 2.79 bits per heavy atom. The molecule has 38 heavy (non-hydrogen) atoms. The fraction of sp³-hybridized carbons (Fsp3) is 0.296. The van der Waals surface area contributed by atoms with Crippen LogP contribution in [0.1, 0.15) is 31.0 Å². The van der Waals surface area contributed by atoms with Gasteiger partial charge < -0.3 is 34.5 Å². The van der Waals surface area contributed by atoms with Gasteiger partial charge >= 0.3 is 12.0 Å². The number of fused-ring (bicyclic) bond motifs is 1. The van der Waals surface area contributed by atoms with Gasteiger partial charge in [-0.2, -0.15) is 5.10 Å². The highest BCUT2D eigenvalue weighted by Crippen LogP contribution is 2.35. The summed E-state index contributed by atoms with van der Waals surface area (Å²) in [4.78, 5) is 24.5. The minimum Gasteiger partial charge on any atom is -0.490 e. The lowest BCUT2D eigenvalue weighted by Crippen LogP contribution is -2.45. The number of esters is 1. The number of para-hydroxylation sites is 1. The molecule has 2 aromatic carbocycles. The molecule has 4 rings (SSSR count). The van der Waals surface area contributed by atoms with Crippen LogP contribution in [-0.2, 0) is 16.6 Å². The van der Waals surface area contributed by atoms with Crippen molar-refractivity contribution in [2.75, 3.05) is 20.3 Å². The van der Waals surface area contributed by atoms with Crippen LogP contribution in [0.2, 0.25) is 0 Å². The number of aryl methyl sites for hydroxylation is 1. The van der Waals surface area contributed by atoms with Crippen LogP contribution in [0.25, 0.3) is 10.9 Å². The predicted octanol–water partition coefficient (Wildman–Crippen LogP) is 2.70. The summed E-state index contributed by atoms with van der Waals surface area (Å²) in [7, 11) is 3.24. The Morgan fingerprint density at radius 2 is 2.03 bits per heavy atom. The van der Waals surface area contributed by atoms with E-state index in [0.29, 0.717) is 29.4 Å².